The van der Waals surface area contributed by atoms with E-state index in [-0.39, 0.29) is 11.7 Å². The van der Waals surface area contributed by atoms with Crippen LogP contribution in [0, 0.1) is 25.6 Å². The van der Waals surface area contributed by atoms with Gasteiger partial charge in [0, 0.05) is 6.92 Å². The molecular weight excluding hydrogens is 289 g/mol. The number of nitrogens with two attached hydrogens (primary N) is 1. The van der Waals surface area contributed by atoms with E-state index in [4.69, 9.17) is 0 Å². The summed E-state index contributed by atoms with van der Waals surface area (Å²) in [6.07, 6.45) is 8.44. The number of halogens is 1. The van der Waals surface area contributed by atoms with Crippen molar-refractivity contribution < 1.29 is 9.18 Å². The van der Waals surface area contributed by atoms with Crippen molar-refractivity contribution in [1.29, 1.82) is 0 Å². The molecule has 3 heteroatoms. The standard InChI is InChI=1S/C10H22.C8H9F.C2H5NO/c1-4-6-8-10(3)9-7-5-2;1-6-3-4-8(9)7(2)5-6;1-2(3)4/h10H,4-9H2,1-3H3;3-5H,1-2H3;1H3,(H2,3,4). The van der Waals surface area contributed by atoms with Gasteiger partial charge in [-0.2, -0.15) is 0 Å². The molecule has 0 aromatic heterocycles. The number of amides is 1. The van der Waals surface area contributed by atoms with Crippen molar-refractivity contribution in [3.63, 3.8) is 0 Å². The molecule has 0 aliphatic carbocycles. The zero-order valence-electron chi connectivity index (χ0n) is 15.9. The van der Waals surface area contributed by atoms with Crippen LogP contribution in [0.1, 0.15) is 77.3 Å². The molecule has 0 saturated carbocycles. The van der Waals surface area contributed by atoms with E-state index in [9.17, 15) is 9.18 Å². The van der Waals surface area contributed by atoms with Gasteiger partial charge in [0.25, 0.3) is 0 Å². The Morgan fingerprint density at radius 3 is 1.87 bits per heavy atom. The lowest BCUT2D eigenvalue weighted by atomic mass is 9.98. The van der Waals surface area contributed by atoms with Crippen molar-refractivity contribution in [2.75, 3.05) is 0 Å². The summed E-state index contributed by atoms with van der Waals surface area (Å²) in [5, 5.41) is 0. The maximum absolute atomic E-state index is 12.5. The first-order valence-corrected chi connectivity index (χ1v) is 8.73. The average molecular weight is 326 g/mol. The minimum Gasteiger partial charge on any atom is -0.370 e. The summed E-state index contributed by atoms with van der Waals surface area (Å²) in [6.45, 7) is 11.9. The number of rotatable bonds is 6. The van der Waals surface area contributed by atoms with Gasteiger partial charge in [0.05, 0.1) is 0 Å². The van der Waals surface area contributed by atoms with Gasteiger partial charge in [0.15, 0.2) is 0 Å². The largest absolute Gasteiger partial charge is 0.370 e. The van der Waals surface area contributed by atoms with Crippen LogP contribution < -0.4 is 5.73 Å². The number of primary amides is 1. The second kappa shape index (κ2) is 15.5. The molecule has 0 atom stereocenters. The highest BCUT2D eigenvalue weighted by Gasteiger charge is 1.98. The second-order valence-electron chi connectivity index (χ2n) is 6.25. The lowest BCUT2D eigenvalue weighted by Gasteiger charge is -2.08. The van der Waals surface area contributed by atoms with Crippen LogP contribution in [0.4, 0.5) is 4.39 Å². The highest BCUT2D eigenvalue weighted by molar-refractivity contribution is 5.70. The molecule has 1 aromatic rings. The van der Waals surface area contributed by atoms with E-state index in [1.807, 2.05) is 13.0 Å². The Labute approximate surface area is 142 Å². The van der Waals surface area contributed by atoms with Crippen LogP contribution in [-0.2, 0) is 4.79 Å². The van der Waals surface area contributed by atoms with E-state index in [1.54, 1.807) is 13.0 Å². The third kappa shape index (κ3) is 18.6. The van der Waals surface area contributed by atoms with Crippen LogP contribution in [0.3, 0.4) is 0 Å². The summed E-state index contributed by atoms with van der Waals surface area (Å²) in [4.78, 5) is 9.22. The van der Waals surface area contributed by atoms with Crippen LogP contribution in [0.2, 0.25) is 0 Å². The maximum Gasteiger partial charge on any atom is 0.214 e. The van der Waals surface area contributed by atoms with Gasteiger partial charge in [0.1, 0.15) is 5.82 Å². The third-order valence-corrected chi connectivity index (χ3v) is 3.41. The van der Waals surface area contributed by atoms with Crippen molar-refractivity contribution in [1.82, 2.24) is 0 Å². The van der Waals surface area contributed by atoms with Crippen molar-refractivity contribution in [2.24, 2.45) is 11.7 Å². The van der Waals surface area contributed by atoms with E-state index < -0.39 is 0 Å². The Kier molecular flexibility index (Phi) is 16.1. The lowest BCUT2D eigenvalue weighted by Crippen LogP contribution is -2.01. The molecule has 1 amide bonds. The van der Waals surface area contributed by atoms with Gasteiger partial charge in [-0.05, 0) is 31.4 Å². The van der Waals surface area contributed by atoms with E-state index in [1.165, 1.54) is 51.5 Å². The summed E-state index contributed by atoms with van der Waals surface area (Å²) in [7, 11) is 0. The third-order valence-electron chi connectivity index (χ3n) is 3.41. The van der Waals surface area contributed by atoms with Gasteiger partial charge in [0.2, 0.25) is 5.91 Å². The fraction of sp³-hybridized carbons (Fsp3) is 0.650. The zero-order valence-corrected chi connectivity index (χ0v) is 15.9. The zero-order chi connectivity index (χ0) is 18.3. The second-order valence-corrected chi connectivity index (χ2v) is 6.25. The van der Waals surface area contributed by atoms with Gasteiger partial charge < -0.3 is 5.73 Å². The maximum atomic E-state index is 12.5. The van der Waals surface area contributed by atoms with E-state index >= 15 is 0 Å². The first-order chi connectivity index (χ1) is 10.7. The summed E-state index contributed by atoms with van der Waals surface area (Å²) >= 11 is 0. The lowest BCUT2D eigenvalue weighted by molar-refractivity contribution is -0.115. The molecule has 0 fully saturated rings. The molecule has 1 rings (SSSR count). The Hall–Kier alpha value is -1.38. The summed E-state index contributed by atoms with van der Waals surface area (Å²) in [5.41, 5.74) is 6.30. The van der Waals surface area contributed by atoms with Crippen LogP contribution >= 0.6 is 0 Å². The Bertz CT molecular complexity index is 406. The molecule has 0 aliphatic heterocycles. The molecular formula is C20H36FNO. The Morgan fingerprint density at radius 1 is 1.13 bits per heavy atom. The van der Waals surface area contributed by atoms with Gasteiger partial charge in [-0.15, -0.1) is 0 Å². The molecule has 0 radical (unpaired) electrons. The quantitative estimate of drug-likeness (QED) is 0.691. The highest BCUT2D eigenvalue weighted by atomic mass is 19.1. The Morgan fingerprint density at radius 2 is 1.57 bits per heavy atom. The number of hydrogen-bond acceptors (Lipinski definition) is 1. The SMILES string of the molecule is CC(N)=O.CCCCC(C)CCCC.Cc1ccc(F)c(C)c1. The normalized spacial score (nSPS) is 9.57. The Balaban J connectivity index is 0. The molecule has 0 saturated heterocycles. The number of aryl methyl sites for hydroxylation is 2. The minimum atomic E-state index is -0.333. The van der Waals surface area contributed by atoms with E-state index in [0.29, 0.717) is 0 Å². The monoisotopic (exact) mass is 325 g/mol. The number of carbonyl (C=O) groups excluding carboxylic acids is 1. The van der Waals surface area contributed by atoms with Crippen molar-refractivity contribution >= 4 is 5.91 Å². The molecule has 2 nitrogen and oxygen atoms in total. The number of unbranched alkanes of at least 4 members (excludes halogenated alkanes) is 2. The summed E-state index contributed by atoms with van der Waals surface area (Å²) in [5.74, 6) is 0.514. The van der Waals surface area contributed by atoms with Crippen LogP contribution in [-0.4, -0.2) is 5.91 Å². The van der Waals surface area contributed by atoms with Gasteiger partial charge in [-0.1, -0.05) is 77.0 Å². The number of hydrogen-bond donors (Lipinski definition) is 1. The fourth-order valence-corrected chi connectivity index (χ4v) is 2.04. The molecule has 0 heterocycles. The average Bonchev–Trinajstić information content (AvgIpc) is 2.47. The molecule has 0 unspecified atom stereocenters. The van der Waals surface area contributed by atoms with E-state index in [0.717, 1.165) is 17.0 Å². The van der Waals surface area contributed by atoms with Gasteiger partial charge in [-0.3, -0.25) is 4.79 Å². The summed E-state index contributed by atoms with van der Waals surface area (Å²) in [6, 6.07) is 5.09. The van der Waals surface area contributed by atoms with E-state index in [2.05, 4.69) is 26.5 Å². The first-order valence-electron chi connectivity index (χ1n) is 8.73. The highest BCUT2D eigenvalue weighted by Crippen LogP contribution is 2.14. The minimum absolute atomic E-state index is 0.124. The molecule has 134 valence electrons. The molecule has 0 bridgehead atoms. The molecule has 23 heavy (non-hydrogen) atoms. The van der Waals surface area contributed by atoms with Crippen LogP contribution in [0.5, 0.6) is 0 Å². The molecule has 2 N–H and O–H groups in total. The molecule has 0 aliphatic rings. The number of carbonyl (C=O) groups is 1. The first kappa shape index (κ1) is 23.9. The predicted octanol–water partition coefficient (Wildman–Crippen LogP) is 5.94. The smallest absolute Gasteiger partial charge is 0.214 e. The predicted molar refractivity (Wildman–Crippen MR) is 99.0 cm³/mol. The van der Waals surface area contributed by atoms with Crippen molar-refractivity contribution in [3.8, 4) is 0 Å². The van der Waals surface area contributed by atoms with Gasteiger partial charge in [-0.25, -0.2) is 4.39 Å². The van der Waals surface area contributed by atoms with Crippen molar-refractivity contribution in [2.45, 2.75) is 80.1 Å². The van der Waals surface area contributed by atoms with Crippen LogP contribution in [0.15, 0.2) is 18.2 Å². The summed E-state index contributed by atoms with van der Waals surface area (Å²) < 4.78 is 12.5. The van der Waals surface area contributed by atoms with Crippen molar-refractivity contribution in [3.05, 3.63) is 35.1 Å². The fourth-order valence-electron chi connectivity index (χ4n) is 2.04. The number of benzene rings is 1. The molecule has 0 spiro atoms. The van der Waals surface area contributed by atoms with Gasteiger partial charge >= 0.3 is 0 Å². The topological polar surface area (TPSA) is 43.1 Å². The van der Waals surface area contributed by atoms with Crippen LogP contribution in [0.25, 0.3) is 0 Å². The molecule has 1 aromatic carbocycles.